The lowest BCUT2D eigenvalue weighted by atomic mass is 10.0. The minimum Gasteiger partial charge on any atom is -0.462 e. The first kappa shape index (κ1) is 56.9. The smallest absolute Gasteiger partial charge is 0.306 e. The maximum absolute atomic E-state index is 12.8. The molecule has 0 spiro atoms. The average Bonchev–Trinajstić information content (AvgIpc) is 3.23. The third-order valence-corrected chi connectivity index (χ3v) is 11.4. The number of unbranched alkanes of at least 4 members (excludes halogenated alkanes) is 32. The minimum atomic E-state index is -0.777. The van der Waals surface area contributed by atoms with Crippen molar-refractivity contribution in [1.82, 2.24) is 0 Å². The Hall–Kier alpha value is -2.11. The highest BCUT2D eigenvalue weighted by atomic mass is 16.6. The second-order valence-electron chi connectivity index (χ2n) is 17.4. The zero-order chi connectivity index (χ0) is 43.0. The van der Waals surface area contributed by atoms with Crippen molar-refractivity contribution in [3.05, 3.63) is 24.3 Å². The van der Waals surface area contributed by atoms with Gasteiger partial charge in [-0.3, -0.25) is 14.4 Å². The van der Waals surface area contributed by atoms with Crippen LogP contribution in [0.5, 0.6) is 0 Å². The van der Waals surface area contributed by atoms with Crippen molar-refractivity contribution < 1.29 is 28.6 Å². The maximum atomic E-state index is 12.8. The SMILES string of the molecule is CCCCCCCC/C=C\CCCCCC(=O)OCC(COC(=O)CCCCC/C=C\CCCCCCCCC)OC(=O)CCCCCCCCCCCCCCCC. The van der Waals surface area contributed by atoms with Gasteiger partial charge in [0.1, 0.15) is 13.2 Å². The number of esters is 3. The zero-order valence-corrected chi connectivity index (χ0v) is 39.5. The molecule has 0 N–H and O–H groups in total. The van der Waals surface area contributed by atoms with E-state index >= 15 is 0 Å². The first-order chi connectivity index (χ1) is 29.0. The van der Waals surface area contributed by atoms with Crippen LogP contribution in [0.15, 0.2) is 24.3 Å². The molecule has 0 aliphatic rings. The van der Waals surface area contributed by atoms with Crippen LogP contribution >= 0.6 is 0 Å². The van der Waals surface area contributed by atoms with Crippen LogP contribution in [0.2, 0.25) is 0 Å². The quantitative estimate of drug-likeness (QED) is 0.0263. The summed E-state index contributed by atoms with van der Waals surface area (Å²) in [6.45, 7) is 6.62. The van der Waals surface area contributed by atoms with Gasteiger partial charge in [-0.1, -0.05) is 212 Å². The van der Waals surface area contributed by atoms with Crippen molar-refractivity contribution in [1.29, 1.82) is 0 Å². The number of allylic oxidation sites excluding steroid dienone is 4. The van der Waals surface area contributed by atoms with Crippen LogP contribution in [-0.4, -0.2) is 37.2 Å². The lowest BCUT2D eigenvalue weighted by molar-refractivity contribution is -0.167. The summed E-state index contributed by atoms with van der Waals surface area (Å²) in [5.41, 5.74) is 0. The van der Waals surface area contributed by atoms with Gasteiger partial charge in [-0.05, 0) is 70.6 Å². The van der Waals surface area contributed by atoms with Gasteiger partial charge in [-0.15, -0.1) is 0 Å². The lowest BCUT2D eigenvalue weighted by Crippen LogP contribution is -2.30. The predicted octanol–water partition coefficient (Wildman–Crippen LogP) is 16.8. The maximum Gasteiger partial charge on any atom is 0.306 e. The van der Waals surface area contributed by atoms with Crippen molar-refractivity contribution >= 4 is 17.9 Å². The Morgan fingerprint density at radius 2 is 0.559 bits per heavy atom. The van der Waals surface area contributed by atoms with Crippen molar-refractivity contribution in [3.63, 3.8) is 0 Å². The summed E-state index contributed by atoms with van der Waals surface area (Å²) in [5.74, 6) is -0.898. The van der Waals surface area contributed by atoms with E-state index in [4.69, 9.17) is 14.2 Å². The third-order valence-electron chi connectivity index (χ3n) is 11.4. The molecule has 0 saturated carbocycles. The van der Waals surface area contributed by atoms with Crippen LogP contribution in [0.3, 0.4) is 0 Å². The van der Waals surface area contributed by atoms with Crippen molar-refractivity contribution in [3.8, 4) is 0 Å². The Morgan fingerprint density at radius 3 is 0.864 bits per heavy atom. The Bertz CT molecular complexity index is 958. The molecule has 346 valence electrons. The fourth-order valence-electron chi connectivity index (χ4n) is 7.49. The summed E-state index contributed by atoms with van der Waals surface area (Å²) < 4.78 is 16.8. The highest BCUT2D eigenvalue weighted by molar-refractivity contribution is 5.71. The highest BCUT2D eigenvalue weighted by Gasteiger charge is 2.19. The van der Waals surface area contributed by atoms with E-state index in [1.165, 1.54) is 154 Å². The molecule has 0 saturated heterocycles. The molecule has 6 heteroatoms. The molecular weight excluding hydrogens is 733 g/mol. The fourth-order valence-corrected chi connectivity index (χ4v) is 7.49. The highest BCUT2D eigenvalue weighted by Crippen LogP contribution is 2.15. The molecule has 59 heavy (non-hydrogen) atoms. The molecule has 0 fully saturated rings. The van der Waals surface area contributed by atoms with Gasteiger partial charge in [-0.25, -0.2) is 0 Å². The largest absolute Gasteiger partial charge is 0.462 e. The molecule has 0 aliphatic carbocycles. The molecule has 0 radical (unpaired) electrons. The van der Waals surface area contributed by atoms with E-state index in [1.807, 2.05) is 0 Å². The van der Waals surface area contributed by atoms with Gasteiger partial charge in [0.2, 0.25) is 0 Å². The zero-order valence-electron chi connectivity index (χ0n) is 39.5. The second kappa shape index (κ2) is 48.6. The van der Waals surface area contributed by atoms with E-state index in [2.05, 4.69) is 45.1 Å². The van der Waals surface area contributed by atoms with Gasteiger partial charge in [0.15, 0.2) is 6.10 Å². The second-order valence-corrected chi connectivity index (χ2v) is 17.4. The van der Waals surface area contributed by atoms with Gasteiger partial charge >= 0.3 is 17.9 Å². The summed E-state index contributed by atoms with van der Waals surface area (Å²) in [5, 5.41) is 0. The Kier molecular flexibility index (Phi) is 46.8. The first-order valence-corrected chi connectivity index (χ1v) is 25.8. The molecule has 1 unspecified atom stereocenters. The van der Waals surface area contributed by atoms with Crippen LogP contribution in [-0.2, 0) is 28.6 Å². The molecule has 0 aliphatic heterocycles. The molecule has 0 aromatic rings. The van der Waals surface area contributed by atoms with Crippen LogP contribution < -0.4 is 0 Å². The van der Waals surface area contributed by atoms with Crippen molar-refractivity contribution in [2.24, 2.45) is 0 Å². The Balaban J connectivity index is 4.38. The molecule has 0 rings (SSSR count). The standard InChI is InChI=1S/C53H98O6/c1-4-7-10-13-16-19-22-25-28-31-34-37-40-43-46-52(55)58-49-50(48-57-51(54)45-42-39-36-33-30-27-24-21-18-15-12-9-6-3)59-53(56)47-44-41-38-35-32-29-26-23-20-17-14-11-8-5-2/h27-28,30-31,50H,4-26,29,32-49H2,1-3H3/b30-27-,31-28-. The molecule has 6 nitrogen and oxygen atoms in total. The summed E-state index contributed by atoms with van der Waals surface area (Å²) in [6, 6.07) is 0. The molecule has 0 bridgehead atoms. The Labute approximate surface area is 366 Å². The Morgan fingerprint density at radius 1 is 0.322 bits per heavy atom. The number of rotatable bonds is 47. The van der Waals surface area contributed by atoms with E-state index in [-0.39, 0.29) is 31.1 Å². The van der Waals surface area contributed by atoms with E-state index in [0.717, 1.165) is 83.5 Å². The average molecular weight is 831 g/mol. The summed E-state index contributed by atoms with van der Waals surface area (Å²) in [6.07, 6.45) is 54.4. The van der Waals surface area contributed by atoms with Gasteiger partial charge in [0.25, 0.3) is 0 Å². The fraction of sp³-hybridized carbons (Fsp3) is 0.868. The summed E-state index contributed by atoms with van der Waals surface area (Å²) in [7, 11) is 0. The van der Waals surface area contributed by atoms with E-state index in [9.17, 15) is 14.4 Å². The van der Waals surface area contributed by atoms with Crippen LogP contribution in [0.4, 0.5) is 0 Å². The number of carbonyl (C=O) groups excluding carboxylic acids is 3. The van der Waals surface area contributed by atoms with Crippen molar-refractivity contribution in [2.75, 3.05) is 13.2 Å². The third kappa shape index (κ3) is 46.8. The van der Waals surface area contributed by atoms with E-state index in [0.29, 0.717) is 19.3 Å². The normalized spacial score (nSPS) is 12.1. The lowest BCUT2D eigenvalue weighted by Gasteiger charge is -2.18. The molecular formula is C53H98O6. The number of hydrogen-bond donors (Lipinski definition) is 0. The van der Waals surface area contributed by atoms with Crippen LogP contribution in [0.25, 0.3) is 0 Å². The monoisotopic (exact) mass is 831 g/mol. The first-order valence-electron chi connectivity index (χ1n) is 25.8. The van der Waals surface area contributed by atoms with E-state index in [1.54, 1.807) is 0 Å². The topological polar surface area (TPSA) is 78.9 Å². The summed E-state index contributed by atoms with van der Waals surface area (Å²) >= 11 is 0. The molecule has 1 atom stereocenters. The molecule has 0 aromatic carbocycles. The predicted molar refractivity (Wildman–Crippen MR) is 252 cm³/mol. The van der Waals surface area contributed by atoms with Gasteiger partial charge in [-0.2, -0.15) is 0 Å². The number of ether oxygens (including phenoxy) is 3. The van der Waals surface area contributed by atoms with Crippen molar-refractivity contribution in [2.45, 2.75) is 284 Å². The molecule has 0 heterocycles. The molecule has 0 amide bonds. The molecule has 0 aromatic heterocycles. The van der Waals surface area contributed by atoms with Gasteiger partial charge in [0, 0.05) is 19.3 Å². The minimum absolute atomic E-state index is 0.0803. The van der Waals surface area contributed by atoms with Gasteiger partial charge < -0.3 is 14.2 Å². The van der Waals surface area contributed by atoms with Gasteiger partial charge in [0.05, 0.1) is 0 Å². The summed E-state index contributed by atoms with van der Waals surface area (Å²) in [4.78, 5) is 37.9. The van der Waals surface area contributed by atoms with Crippen LogP contribution in [0.1, 0.15) is 278 Å². The number of carbonyl (C=O) groups is 3. The number of hydrogen-bond acceptors (Lipinski definition) is 6. The van der Waals surface area contributed by atoms with E-state index < -0.39 is 6.10 Å². The van der Waals surface area contributed by atoms with Crippen LogP contribution in [0, 0.1) is 0 Å².